The second kappa shape index (κ2) is 14.8. The van der Waals surface area contributed by atoms with E-state index in [2.05, 4.69) is 15.6 Å². The summed E-state index contributed by atoms with van der Waals surface area (Å²) in [5.74, 6) is -4.98. The summed E-state index contributed by atoms with van der Waals surface area (Å²) in [5.41, 5.74) is -2.89. The number of carbonyl (C=O) groups is 3. The van der Waals surface area contributed by atoms with Crippen LogP contribution in [0.3, 0.4) is 0 Å². The van der Waals surface area contributed by atoms with Gasteiger partial charge in [-0.25, -0.2) is 36.3 Å². The summed E-state index contributed by atoms with van der Waals surface area (Å²) in [6.07, 6.45) is 2.35. The first-order valence-corrected chi connectivity index (χ1v) is 16.5. The van der Waals surface area contributed by atoms with E-state index >= 15 is 8.78 Å². The Morgan fingerprint density at radius 3 is 2.26 bits per heavy atom. The Morgan fingerprint density at radius 2 is 1.66 bits per heavy atom. The molecule has 2 aromatic carbocycles. The van der Waals surface area contributed by atoms with Gasteiger partial charge >= 0.3 is 11.7 Å². The van der Waals surface area contributed by atoms with Crippen molar-refractivity contribution in [2.45, 2.75) is 45.1 Å². The number of nitrogens with one attached hydrogen (secondary N) is 3. The third-order valence-electron chi connectivity index (χ3n) is 7.16. The van der Waals surface area contributed by atoms with Crippen LogP contribution in [0, 0.1) is 17.0 Å². The van der Waals surface area contributed by atoms with Crippen LogP contribution in [0.25, 0.3) is 5.82 Å². The molecule has 264 valence electrons. The summed E-state index contributed by atoms with van der Waals surface area (Å²) in [6, 6.07) is 8.55. The van der Waals surface area contributed by atoms with E-state index in [1.165, 1.54) is 61.3 Å². The summed E-state index contributed by atoms with van der Waals surface area (Å²) in [7, 11) is -2.98. The fourth-order valence-electron chi connectivity index (χ4n) is 4.39. The minimum atomic E-state index is -4.43. The van der Waals surface area contributed by atoms with Gasteiger partial charge < -0.3 is 19.9 Å². The number of aryl methyl sites for hydroxylation is 1. The van der Waals surface area contributed by atoms with Gasteiger partial charge in [0.1, 0.15) is 23.5 Å². The zero-order valence-electron chi connectivity index (χ0n) is 27.6. The lowest BCUT2D eigenvalue weighted by atomic mass is 9.95. The van der Waals surface area contributed by atoms with Crippen LogP contribution >= 0.6 is 0 Å². The number of sulfonamides is 1. The monoisotopic (exact) mass is 712 g/mol. The van der Waals surface area contributed by atoms with E-state index in [0.29, 0.717) is 23.4 Å². The largest absolute Gasteiger partial charge is 0.464 e. The molecule has 0 radical (unpaired) electrons. The summed E-state index contributed by atoms with van der Waals surface area (Å²) in [6.45, 7) is 6.58. The van der Waals surface area contributed by atoms with Crippen molar-refractivity contribution in [2.75, 3.05) is 16.6 Å². The quantitative estimate of drug-likeness (QED) is 0.197. The molecule has 0 saturated carbocycles. The van der Waals surface area contributed by atoms with Crippen LogP contribution in [0.5, 0.6) is 0 Å². The van der Waals surface area contributed by atoms with E-state index in [9.17, 15) is 32.4 Å². The average Bonchev–Trinajstić information content (AvgIpc) is 3.04. The predicted molar refractivity (Wildman–Crippen MR) is 178 cm³/mol. The van der Waals surface area contributed by atoms with Crippen molar-refractivity contribution in [3.8, 4) is 5.82 Å². The number of pyridine rings is 1. The molecule has 0 unspecified atom stereocenters. The number of aromatic nitrogens is 3. The second-order valence-corrected chi connectivity index (χ2v) is 13.7. The second-order valence-electron chi connectivity index (χ2n) is 12.0. The number of halogens is 2. The Hall–Kier alpha value is -5.71. The molecule has 0 spiro atoms. The van der Waals surface area contributed by atoms with Crippen molar-refractivity contribution >= 4 is 39.2 Å². The van der Waals surface area contributed by atoms with E-state index < -0.39 is 67.5 Å². The normalized spacial score (nSPS) is 12.1. The highest BCUT2D eigenvalue weighted by molar-refractivity contribution is 7.92. The molecule has 0 fully saturated rings. The van der Waals surface area contributed by atoms with Gasteiger partial charge in [0.2, 0.25) is 5.91 Å². The molecule has 2 aromatic heterocycles. The van der Waals surface area contributed by atoms with Gasteiger partial charge in [0.25, 0.3) is 21.5 Å². The molecule has 3 N–H and O–H groups in total. The van der Waals surface area contributed by atoms with Crippen LogP contribution in [0.2, 0.25) is 0 Å². The maximum atomic E-state index is 15.2. The van der Waals surface area contributed by atoms with Crippen LogP contribution in [0.15, 0.2) is 81.5 Å². The van der Waals surface area contributed by atoms with Crippen molar-refractivity contribution in [3.05, 3.63) is 111 Å². The Labute approximate surface area is 285 Å². The smallest absolute Gasteiger partial charge is 0.336 e. The third-order valence-corrected chi connectivity index (χ3v) is 8.54. The molecule has 0 aliphatic rings. The molecule has 2 amide bonds. The van der Waals surface area contributed by atoms with E-state index in [1.807, 2.05) is 4.72 Å². The standard InChI is InChI=1S/C33H34F2N6O8S/c1-6-49-30(44)26(15-19-7-12-27(36-18-19)41-28(42)13-14-40(5)32(41)46)38-29(43)22-16-24(35)25(17-23(22)34)39-50(47,48)21-10-8-20(9-11-21)37-31(45)33(2,3)4/h7-14,16-18,26,39H,6,15H2,1-5H3,(H,37,45)(H,38,43)/t26-/m0/s1. The Morgan fingerprint density at radius 1 is 0.980 bits per heavy atom. The van der Waals surface area contributed by atoms with Gasteiger partial charge in [-0.15, -0.1) is 0 Å². The molecule has 0 aliphatic heterocycles. The van der Waals surface area contributed by atoms with Crippen LogP contribution in [-0.4, -0.2) is 53.0 Å². The van der Waals surface area contributed by atoms with E-state index in [0.717, 1.165) is 16.7 Å². The number of esters is 1. The maximum Gasteiger partial charge on any atom is 0.336 e. The lowest BCUT2D eigenvalue weighted by molar-refractivity contribution is -0.145. The van der Waals surface area contributed by atoms with Crippen LogP contribution < -0.4 is 26.6 Å². The maximum absolute atomic E-state index is 15.2. The van der Waals surface area contributed by atoms with Gasteiger partial charge in [0.15, 0.2) is 0 Å². The summed E-state index contributed by atoms with van der Waals surface area (Å²) in [5, 5.41) is 4.94. The van der Waals surface area contributed by atoms with Crippen LogP contribution in [0.4, 0.5) is 20.2 Å². The zero-order valence-corrected chi connectivity index (χ0v) is 28.4. The molecule has 0 bridgehead atoms. The van der Waals surface area contributed by atoms with Gasteiger partial charge in [-0.05, 0) is 48.9 Å². The van der Waals surface area contributed by atoms with Gasteiger partial charge in [-0.2, -0.15) is 0 Å². The van der Waals surface area contributed by atoms with Gasteiger partial charge in [0.05, 0.1) is 22.8 Å². The molecule has 17 heteroatoms. The highest BCUT2D eigenvalue weighted by Gasteiger charge is 2.27. The van der Waals surface area contributed by atoms with Crippen LogP contribution in [0.1, 0.15) is 43.6 Å². The van der Waals surface area contributed by atoms with Crippen LogP contribution in [-0.2, 0) is 37.8 Å². The molecular weight excluding hydrogens is 678 g/mol. The topological polar surface area (TPSA) is 188 Å². The van der Waals surface area contributed by atoms with Gasteiger partial charge in [0, 0.05) is 49.1 Å². The molecule has 0 aliphatic carbocycles. The minimum absolute atomic E-state index is 0.00606. The fourth-order valence-corrected chi connectivity index (χ4v) is 5.45. The molecule has 4 rings (SSSR count). The highest BCUT2D eigenvalue weighted by Crippen LogP contribution is 2.25. The lowest BCUT2D eigenvalue weighted by Gasteiger charge is -2.18. The first-order valence-electron chi connectivity index (χ1n) is 15.1. The van der Waals surface area contributed by atoms with Gasteiger partial charge in [-0.1, -0.05) is 26.8 Å². The molecule has 2 heterocycles. The number of amides is 2. The molecule has 0 saturated heterocycles. The SMILES string of the molecule is CCOC(=O)[C@H](Cc1ccc(-n2c(=O)ccn(C)c2=O)nc1)NC(=O)c1cc(F)c(NS(=O)(=O)c2ccc(NC(=O)C(C)(C)C)cc2)cc1F. The van der Waals surface area contributed by atoms with Crippen molar-refractivity contribution in [1.82, 2.24) is 19.4 Å². The number of nitrogens with zero attached hydrogens (tertiary/aromatic N) is 3. The molecule has 50 heavy (non-hydrogen) atoms. The van der Waals surface area contributed by atoms with Crippen molar-refractivity contribution in [1.29, 1.82) is 0 Å². The number of benzene rings is 2. The molecule has 14 nitrogen and oxygen atoms in total. The van der Waals surface area contributed by atoms with E-state index in [4.69, 9.17) is 4.74 Å². The lowest BCUT2D eigenvalue weighted by Crippen LogP contribution is -2.43. The first kappa shape index (κ1) is 37.1. The van der Waals surface area contributed by atoms with E-state index in [1.54, 1.807) is 20.8 Å². The minimum Gasteiger partial charge on any atom is -0.464 e. The third kappa shape index (κ3) is 8.65. The molecular formula is C33H34F2N6O8S. The fraction of sp³-hybridized carbons (Fsp3) is 0.273. The highest BCUT2D eigenvalue weighted by atomic mass is 32.2. The van der Waals surface area contributed by atoms with Crippen molar-refractivity contribution < 1.29 is 36.3 Å². The Kier molecular flexibility index (Phi) is 11.0. The van der Waals surface area contributed by atoms with E-state index in [-0.39, 0.29) is 29.6 Å². The summed E-state index contributed by atoms with van der Waals surface area (Å²) in [4.78, 5) is 66.5. The first-order chi connectivity index (χ1) is 23.4. The molecule has 1 atom stereocenters. The number of rotatable bonds is 11. The Bertz CT molecular complexity index is 2160. The zero-order chi connectivity index (χ0) is 37.0. The average molecular weight is 713 g/mol. The number of hydrogen-bond donors (Lipinski definition) is 3. The number of carbonyl (C=O) groups excluding carboxylic acids is 3. The van der Waals surface area contributed by atoms with Gasteiger partial charge in [-0.3, -0.25) is 19.1 Å². The predicted octanol–water partition coefficient (Wildman–Crippen LogP) is 2.90. The summed E-state index contributed by atoms with van der Waals surface area (Å²) < 4.78 is 65.1. The van der Waals surface area contributed by atoms with Crippen molar-refractivity contribution in [3.63, 3.8) is 0 Å². The number of ether oxygens (including phenoxy) is 1. The molecule has 4 aromatic rings. The summed E-state index contributed by atoms with van der Waals surface area (Å²) >= 11 is 0. The Balaban J connectivity index is 1.51. The van der Waals surface area contributed by atoms with Crippen molar-refractivity contribution in [2.24, 2.45) is 12.5 Å². The number of hydrogen-bond acceptors (Lipinski definition) is 9. The number of anilines is 2.